The van der Waals surface area contributed by atoms with Crippen LogP contribution in [-0.4, -0.2) is 42.5 Å². The van der Waals surface area contributed by atoms with Crippen molar-refractivity contribution in [1.29, 1.82) is 0 Å². The molecule has 1 saturated heterocycles. The second kappa shape index (κ2) is 7.07. The highest BCUT2D eigenvalue weighted by molar-refractivity contribution is 5.97. The first kappa shape index (κ1) is 16.4. The Kier molecular flexibility index (Phi) is 4.48. The largest absolute Gasteiger partial charge is 0.485 e. The lowest BCUT2D eigenvalue weighted by molar-refractivity contribution is -0.125. The van der Waals surface area contributed by atoms with E-state index in [1.165, 1.54) is 0 Å². The average molecular weight is 352 g/mol. The SMILES string of the molecule is O=C(Nc1ccc(C(=O)N2CCCC2)cc1)[C@@H]1COc2ccccc2O1. The van der Waals surface area contributed by atoms with Gasteiger partial charge >= 0.3 is 0 Å². The highest BCUT2D eigenvalue weighted by atomic mass is 16.6. The number of para-hydroxylation sites is 2. The van der Waals surface area contributed by atoms with Crippen LogP contribution in [0.3, 0.4) is 0 Å². The number of anilines is 1. The van der Waals surface area contributed by atoms with Gasteiger partial charge in [0.15, 0.2) is 11.5 Å². The fourth-order valence-corrected chi connectivity index (χ4v) is 3.17. The quantitative estimate of drug-likeness (QED) is 0.922. The summed E-state index contributed by atoms with van der Waals surface area (Å²) in [5.41, 5.74) is 1.26. The fourth-order valence-electron chi connectivity index (χ4n) is 3.17. The third-order valence-electron chi connectivity index (χ3n) is 4.59. The third-order valence-corrected chi connectivity index (χ3v) is 4.59. The van der Waals surface area contributed by atoms with E-state index < -0.39 is 6.10 Å². The van der Waals surface area contributed by atoms with Gasteiger partial charge in [0.1, 0.15) is 6.61 Å². The fraction of sp³-hybridized carbons (Fsp3) is 0.300. The number of amides is 2. The van der Waals surface area contributed by atoms with Crippen LogP contribution in [0.1, 0.15) is 23.2 Å². The molecule has 0 unspecified atom stereocenters. The lowest BCUT2D eigenvalue weighted by atomic mass is 10.1. The normalized spacial score (nSPS) is 18.5. The number of carbonyl (C=O) groups is 2. The minimum atomic E-state index is -0.712. The zero-order valence-corrected chi connectivity index (χ0v) is 14.3. The second-order valence-corrected chi connectivity index (χ2v) is 6.43. The number of hydrogen-bond donors (Lipinski definition) is 1. The van der Waals surface area contributed by atoms with E-state index in [9.17, 15) is 9.59 Å². The number of benzene rings is 2. The molecule has 6 nitrogen and oxygen atoms in total. The van der Waals surface area contributed by atoms with Gasteiger partial charge in [-0.05, 0) is 49.2 Å². The van der Waals surface area contributed by atoms with Gasteiger partial charge in [-0.3, -0.25) is 9.59 Å². The third kappa shape index (κ3) is 3.35. The van der Waals surface area contributed by atoms with Crippen molar-refractivity contribution in [3.63, 3.8) is 0 Å². The van der Waals surface area contributed by atoms with E-state index in [0.717, 1.165) is 25.9 Å². The van der Waals surface area contributed by atoms with Crippen molar-refractivity contribution >= 4 is 17.5 Å². The lowest BCUT2D eigenvalue weighted by Crippen LogP contribution is -2.40. The number of fused-ring (bicyclic) bond motifs is 1. The van der Waals surface area contributed by atoms with Gasteiger partial charge in [0, 0.05) is 24.3 Å². The van der Waals surface area contributed by atoms with Crippen LogP contribution in [0, 0.1) is 0 Å². The second-order valence-electron chi connectivity index (χ2n) is 6.43. The van der Waals surface area contributed by atoms with E-state index in [0.29, 0.717) is 22.7 Å². The number of hydrogen-bond acceptors (Lipinski definition) is 4. The molecule has 0 bridgehead atoms. The topological polar surface area (TPSA) is 67.9 Å². The molecular formula is C20H20N2O4. The Morgan fingerprint density at radius 3 is 2.38 bits per heavy atom. The summed E-state index contributed by atoms with van der Waals surface area (Å²) >= 11 is 0. The summed E-state index contributed by atoms with van der Waals surface area (Å²) in [5, 5.41) is 2.81. The molecule has 0 radical (unpaired) electrons. The van der Waals surface area contributed by atoms with Crippen molar-refractivity contribution in [3.8, 4) is 11.5 Å². The van der Waals surface area contributed by atoms with Crippen LogP contribution in [0.2, 0.25) is 0 Å². The van der Waals surface area contributed by atoms with Crippen LogP contribution in [0.5, 0.6) is 11.5 Å². The molecule has 0 saturated carbocycles. The first-order valence-corrected chi connectivity index (χ1v) is 8.79. The molecule has 0 spiro atoms. The van der Waals surface area contributed by atoms with E-state index in [1.54, 1.807) is 36.4 Å². The molecule has 4 rings (SSSR count). The number of ether oxygens (including phenoxy) is 2. The van der Waals surface area contributed by atoms with Gasteiger partial charge in [-0.1, -0.05) is 12.1 Å². The van der Waals surface area contributed by atoms with Gasteiger partial charge in [0.2, 0.25) is 6.10 Å². The average Bonchev–Trinajstić information content (AvgIpc) is 3.22. The Morgan fingerprint density at radius 1 is 0.962 bits per heavy atom. The predicted molar refractivity (Wildman–Crippen MR) is 96.6 cm³/mol. The Balaban J connectivity index is 1.38. The lowest BCUT2D eigenvalue weighted by Gasteiger charge is -2.25. The maximum atomic E-state index is 12.4. The molecule has 2 aromatic rings. The highest BCUT2D eigenvalue weighted by Crippen LogP contribution is 2.31. The van der Waals surface area contributed by atoms with Crippen molar-refractivity contribution in [1.82, 2.24) is 4.90 Å². The maximum absolute atomic E-state index is 12.4. The van der Waals surface area contributed by atoms with Gasteiger partial charge in [-0.25, -0.2) is 0 Å². The number of nitrogens with zero attached hydrogens (tertiary/aromatic N) is 1. The molecule has 2 aliphatic rings. The summed E-state index contributed by atoms with van der Waals surface area (Å²) in [7, 11) is 0. The van der Waals surface area contributed by atoms with Gasteiger partial charge < -0.3 is 19.7 Å². The monoisotopic (exact) mass is 352 g/mol. The minimum Gasteiger partial charge on any atom is -0.485 e. The molecule has 2 amide bonds. The van der Waals surface area contributed by atoms with Crippen LogP contribution < -0.4 is 14.8 Å². The van der Waals surface area contributed by atoms with Gasteiger partial charge in [0.25, 0.3) is 11.8 Å². The number of nitrogens with one attached hydrogen (secondary N) is 1. The number of rotatable bonds is 3. The zero-order valence-electron chi connectivity index (χ0n) is 14.3. The molecule has 134 valence electrons. The predicted octanol–water partition coefficient (Wildman–Crippen LogP) is 2.70. The molecule has 6 heteroatoms. The molecule has 2 aliphatic heterocycles. The van der Waals surface area contributed by atoms with Crippen LogP contribution in [0.25, 0.3) is 0 Å². The first-order valence-electron chi connectivity index (χ1n) is 8.79. The van der Waals surface area contributed by atoms with Crippen molar-refractivity contribution in [2.75, 3.05) is 25.0 Å². The summed E-state index contributed by atoms with van der Waals surface area (Å²) < 4.78 is 11.3. The van der Waals surface area contributed by atoms with Gasteiger partial charge in [-0.15, -0.1) is 0 Å². The van der Waals surface area contributed by atoms with E-state index in [2.05, 4.69) is 5.32 Å². The highest BCUT2D eigenvalue weighted by Gasteiger charge is 2.27. The van der Waals surface area contributed by atoms with Crippen molar-refractivity contribution < 1.29 is 19.1 Å². The number of carbonyl (C=O) groups excluding carboxylic acids is 2. The zero-order chi connectivity index (χ0) is 17.9. The summed E-state index contributed by atoms with van der Waals surface area (Å²) in [6, 6.07) is 14.2. The standard InChI is InChI=1S/C20H20N2O4/c23-19(18-13-25-16-5-1-2-6-17(16)26-18)21-15-9-7-14(8-10-15)20(24)22-11-3-4-12-22/h1-2,5-10,18H,3-4,11-13H2,(H,21,23)/t18-/m0/s1. The van der Waals surface area contributed by atoms with Crippen LogP contribution in [0.15, 0.2) is 48.5 Å². The van der Waals surface area contributed by atoms with Crippen LogP contribution >= 0.6 is 0 Å². The summed E-state index contributed by atoms with van der Waals surface area (Å²) in [6.45, 7) is 1.80. The van der Waals surface area contributed by atoms with Crippen molar-refractivity contribution in [3.05, 3.63) is 54.1 Å². The molecule has 0 aromatic heterocycles. The number of likely N-dealkylation sites (tertiary alicyclic amines) is 1. The smallest absolute Gasteiger partial charge is 0.269 e. The molecule has 2 aromatic carbocycles. The van der Waals surface area contributed by atoms with Gasteiger partial charge in [-0.2, -0.15) is 0 Å². The molecule has 1 fully saturated rings. The van der Waals surface area contributed by atoms with E-state index in [4.69, 9.17) is 9.47 Å². The molecule has 26 heavy (non-hydrogen) atoms. The van der Waals surface area contributed by atoms with E-state index in [-0.39, 0.29) is 18.4 Å². The molecule has 1 N–H and O–H groups in total. The Labute approximate surface area is 151 Å². The molecule has 1 atom stereocenters. The van der Waals surface area contributed by atoms with Crippen molar-refractivity contribution in [2.45, 2.75) is 18.9 Å². The van der Waals surface area contributed by atoms with Gasteiger partial charge in [0.05, 0.1) is 0 Å². The summed E-state index contributed by atoms with van der Waals surface area (Å²) in [4.78, 5) is 26.6. The van der Waals surface area contributed by atoms with E-state index >= 15 is 0 Å². The van der Waals surface area contributed by atoms with Crippen molar-refractivity contribution in [2.24, 2.45) is 0 Å². The Hall–Kier alpha value is -3.02. The maximum Gasteiger partial charge on any atom is 0.269 e. The Bertz CT molecular complexity index is 813. The van der Waals surface area contributed by atoms with E-state index in [1.807, 2.05) is 17.0 Å². The molecule has 2 heterocycles. The Morgan fingerprint density at radius 2 is 1.65 bits per heavy atom. The summed E-state index contributed by atoms with van der Waals surface area (Å²) in [5.74, 6) is 0.964. The minimum absolute atomic E-state index is 0.0426. The van der Waals surface area contributed by atoms with Crippen LogP contribution in [0.4, 0.5) is 5.69 Å². The first-order chi connectivity index (χ1) is 12.7. The summed E-state index contributed by atoms with van der Waals surface area (Å²) in [6.07, 6.45) is 1.41. The molecular weight excluding hydrogens is 332 g/mol. The molecule has 0 aliphatic carbocycles. The van der Waals surface area contributed by atoms with Crippen LogP contribution in [-0.2, 0) is 4.79 Å².